The first-order valence-corrected chi connectivity index (χ1v) is 6.47. The fraction of sp³-hybridized carbons (Fsp3) is 1.00. The smallest absolute Gasteiger partial charge is 0.0614 e. The Morgan fingerprint density at radius 3 is 2.56 bits per heavy atom. The van der Waals surface area contributed by atoms with Crippen molar-refractivity contribution in [3.8, 4) is 0 Å². The molecule has 16 heavy (non-hydrogen) atoms. The number of ether oxygens (including phenoxy) is 1. The summed E-state index contributed by atoms with van der Waals surface area (Å²) in [6.45, 7) is 9.63. The summed E-state index contributed by atoms with van der Waals surface area (Å²) in [5, 5.41) is 13.0. The van der Waals surface area contributed by atoms with Gasteiger partial charge in [-0.25, -0.2) is 0 Å². The summed E-state index contributed by atoms with van der Waals surface area (Å²) < 4.78 is 5.85. The van der Waals surface area contributed by atoms with Gasteiger partial charge in [-0.05, 0) is 25.2 Å². The van der Waals surface area contributed by atoms with Crippen LogP contribution in [0, 0.1) is 5.92 Å². The van der Waals surface area contributed by atoms with Crippen LogP contribution in [0.3, 0.4) is 0 Å². The van der Waals surface area contributed by atoms with E-state index in [4.69, 9.17) is 4.74 Å². The van der Waals surface area contributed by atoms with Crippen LogP contribution in [0.2, 0.25) is 0 Å². The van der Waals surface area contributed by atoms with E-state index >= 15 is 0 Å². The molecule has 1 rings (SSSR count). The third kappa shape index (κ3) is 4.04. The van der Waals surface area contributed by atoms with Crippen LogP contribution >= 0.6 is 0 Å². The van der Waals surface area contributed by atoms with Crippen LogP contribution in [0.5, 0.6) is 0 Å². The zero-order chi connectivity index (χ0) is 12.2. The average Bonchev–Trinajstić information content (AvgIpc) is 2.58. The third-order valence-electron chi connectivity index (χ3n) is 3.13. The normalized spacial score (nSPS) is 30.6. The Morgan fingerprint density at radius 2 is 2.06 bits per heavy atom. The van der Waals surface area contributed by atoms with Crippen LogP contribution in [-0.2, 0) is 4.74 Å². The van der Waals surface area contributed by atoms with Gasteiger partial charge in [0.05, 0.1) is 12.7 Å². The summed E-state index contributed by atoms with van der Waals surface area (Å²) in [6.07, 6.45) is 3.34. The van der Waals surface area contributed by atoms with E-state index in [1.54, 1.807) is 0 Å². The van der Waals surface area contributed by atoms with Gasteiger partial charge in [-0.1, -0.05) is 27.7 Å². The van der Waals surface area contributed by atoms with E-state index in [1.165, 1.54) is 0 Å². The maximum absolute atomic E-state index is 9.54. The monoisotopic (exact) mass is 229 g/mol. The summed E-state index contributed by atoms with van der Waals surface area (Å²) in [5.41, 5.74) is -0.101. The fourth-order valence-electron chi connectivity index (χ4n) is 2.48. The second-order valence-corrected chi connectivity index (χ2v) is 5.83. The van der Waals surface area contributed by atoms with Crippen molar-refractivity contribution in [3.05, 3.63) is 0 Å². The molecule has 0 aromatic carbocycles. The molecule has 0 bridgehead atoms. The standard InChI is InChI=1S/C13H27NO2/c1-10(2)8-16-12-5-6-13(7-12,9-15)14-11(3)4/h10-12,14-15H,5-9H2,1-4H3. The molecule has 1 fully saturated rings. The van der Waals surface area contributed by atoms with Crippen LogP contribution in [0.25, 0.3) is 0 Å². The number of nitrogens with one attached hydrogen (secondary N) is 1. The predicted octanol–water partition coefficient (Wildman–Crippen LogP) is 1.94. The van der Waals surface area contributed by atoms with Crippen molar-refractivity contribution in [1.29, 1.82) is 0 Å². The van der Waals surface area contributed by atoms with E-state index in [0.29, 0.717) is 18.1 Å². The van der Waals surface area contributed by atoms with Gasteiger partial charge in [-0.3, -0.25) is 0 Å². The summed E-state index contributed by atoms with van der Waals surface area (Å²) >= 11 is 0. The Kier molecular flexibility index (Phi) is 5.22. The number of aliphatic hydroxyl groups excluding tert-OH is 1. The molecule has 1 aliphatic carbocycles. The first-order valence-electron chi connectivity index (χ1n) is 6.47. The molecular weight excluding hydrogens is 202 g/mol. The van der Waals surface area contributed by atoms with Gasteiger partial charge in [0.15, 0.2) is 0 Å². The van der Waals surface area contributed by atoms with Gasteiger partial charge in [0, 0.05) is 18.2 Å². The quantitative estimate of drug-likeness (QED) is 0.731. The van der Waals surface area contributed by atoms with Gasteiger partial charge in [0.25, 0.3) is 0 Å². The summed E-state index contributed by atoms with van der Waals surface area (Å²) in [6, 6.07) is 0.413. The van der Waals surface area contributed by atoms with E-state index in [0.717, 1.165) is 25.9 Å². The minimum atomic E-state index is -0.101. The average molecular weight is 229 g/mol. The van der Waals surface area contributed by atoms with Gasteiger partial charge in [-0.2, -0.15) is 0 Å². The van der Waals surface area contributed by atoms with Crippen LogP contribution in [0.4, 0.5) is 0 Å². The highest BCUT2D eigenvalue weighted by atomic mass is 16.5. The molecule has 1 aliphatic rings. The molecule has 3 heteroatoms. The zero-order valence-corrected chi connectivity index (χ0v) is 11.1. The largest absolute Gasteiger partial charge is 0.394 e. The second-order valence-electron chi connectivity index (χ2n) is 5.83. The molecule has 0 spiro atoms. The van der Waals surface area contributed by atoms with E-state index < -0.39 is 0 Å². The van der Waals surface area contributed by atoms with Gasteiger partial charge in [0.2, 0.25) is 0 Å². The fourth-order valence-corrected chi connectivity index (χ4v) is 2.48. The number of rotatable bonds is 6. The van der Waals surface area contributed by atoms with Gasteiger partial charge < -0.3 is 15.2 Å². The highest BCUT2D eigenvalue weighted by molar-refractivity contribution is 4.97. The van der Waals surface area contributed by atoms with Crippen molar-refractivity contribution >= 4 is 0 Å². The number of hydrogen-bond donors (Lipinski definition) is 2. The first-order chi connectivity index (χ1) is 7.47. The Balaban J connectivity index is 2.41. The summed E-state index contributed by atoms with van der Waals surface area (Å²) in [5.74, 6) is 0.585. The molecule has 96 valence electrons. The lowest BCUT2D eigenvalue weighted by molar-refractivity contribution is 0.0304. The minimum Gasteiger partial charge on any atom is -0.394 e. The molecule has 0 saturated heterocycles. The molecule has 2 N–H and O–H groups in total. The molecule has 3 nitrogen and oxygen atoms in total. The maximum Gasteiger partial charge on any atom is 0.0614 e. The van der Waals surface area contributed by atoms with Crippen molar-refractivity contribution in [3.63, 3.8) is 0 Å². The molecule has 0 aliphatic heterocycles. The highest BCUT2D eigenvalue weighted by Crippen LogP contribution is 2.32. The molecule has 0 aromatic heterocycles. The van der Waals surface area contributed by atoms with Crippen LogP contribution < -0.4 is 5.32 Å². The molecule has 0 radical (unpaired) electrons. The van der Waals surface area contributed by atoms with Crippen LogP contribution in [0.15, 0.2) is 0 Å². The Labute approximate surface area is 99.6 Å². The number of aliphatic hydroxyl groups is 1. The van der Waals surface area contributed by atoms with Gasteiger partial charge >= 0.3 is 0 Å². The Morgan fingerprint density at radius 1 is 1.38 bits per heavy atom. The molecule has 0 heterocycles. The minimum absolute atomic E-state index is 0.101. The third-order valence-corrected chi connectivity index (χ3v) is 3.13. The zero-order valence-electron chi connectivity index (χ0n) is 11.1. The molecule has 0 aromatic rings. The lowest BCUT2D eigenvalue weighted by Gasteiger charge is -2.31. The summed E-state index contributed by atoms with van der Waals surface area (Å²) in [4.78, 5) is 0. The van der Waals surface area contributed by atoms with E-state index in [2.05, 4.69) is 33.0 Å². The Bertz CT molecular complexity index is 206. The summed E-state index contributed by atoms with van der Waals surface area (Å²) in [7, 11) is 0. The highest BCUT2D eigenvalue weighted by Gasteiger charge is 2.39. The SMILES string of the molecule is CC(C)COC1CCC(CO)(NC(C)C)C1. The Hall–Kier alpha value is -0.120. The molecule has 2 atom stereocenters. The number of hydrogen-bond acceptors (Lipinski definition) is 3. The van der Waals surface area contributed by atoms with Crippen LogP contribution in [-0.4, -0.2) is 36.0 Å². The molecular formula is C13H27NO2. The molecule has 0 amide bonds. The lowest BCUT2D eigenvalue weighted by Crippen LogP contribution is -2.50. The lowest BCUT2D eigenvalue weighted by atomic mass is 9.97. The topological polar surface area (TPSA) is 41.5 Å². The van der Waals surface area contributed by atoms with Crippen molar-refractivity contribution in [1.82, 2.24) is 5.32 Å². The van der Waals surface area contributed by atoms with E-state index in [9.17, 15) is 5.11 Å². The van der Waals surface area contributed by atoms with E-state index in [1.807, 2.05) is 0 Å². The molecule has 1 saturated carbocycles. The van der Waals surface area contributed by atoms with Crippen molar-refractivity contribution in [2.24, 2.45) is 5.92 Å². The maximum atomic E-state index is 9.54. The second kappa shape index (κ2) is 5.99. The molecule has 2 unspecified atom stereocenters. The first kappa shape index (κ1) is 13.9. The van der Waals surface area contributed by atoms with Crippen molar-refractivity contribution < 1.29 is 9.84 Å². The van der Waals surface area contributed by atoms with Crippen LogP contribution in [0.1, 0.15) is 47.0 Å². The van der Waals surface area contributed by atoms with Crippen molar-refractivity contribution in [2.75, 3.05) is 13.2 Å². The van der Waals surface area contributed by atoms with Gasteiger partial charge in [0.1, 0.15) is 0 Å². The predicted molar refractivity (Wildman–Crippen MR) is 66.5 cm³/mol. The van der Waals surface area contributed by atoms with E-state index in [-0.39, 0.29) is 12.1 Å². The van der Waals surface area contributed by atoms with Crippen molar-refractivity contribution in [2.45, 2.75) is 64.6 Å². The van der Waals surface area contributed by atoms with Gasteiger partial charge in [-0.15, -0.1) is 0 Å².